The van der Waals surface area contributed by atoms with Crippen molar-refractivity contribution < 1.29 is 19.4 Å². The van der Waals surface area contributed by atoms with Crippen molar-refractivity contribution in [2.45, 2.75) is 64.6 Å². The molecule has 2 rings (SSSR count). The highest BCUT2D eigenvalue weighted by Crippen LogP contribution is 2.26. The third kappa shape index (κ3) is 5.36. The van der Waals surface area contributed by atoms with E-state index in [9.17, 15) is 4.79 Å². The maximum atomic E-state index is 12.0. The third-order valence-corrected chi connectivity index (χ3v) is 3.26. The van der Waals surface area contributed by atoms with Crippen molar-refractivity contribution in [2.75, 3.05) is 13.1 Å². The highest BCUT2D eigenvalue weighted by atomic mass is 16.6. The standard InChI is InChI=1S/C12H22N2O2.C2H4O2/c1-12(2,3)16-11(15)14-8-6-9-10(14)5-4-7-13-9;1-2(3)4/h9-10,13H,4-8H2,1-3H3;1H3,(H,3,4)/t9-,10-;/m1./s1. The van der Waals surface area contributed by atoms with Crippen LogP contribution >= 0.6 is 0 Å². The molecule has 2 fully saturated rings. The van der Waals surface area contributed by atoms with E-state index >= 15 is 0 Å². The van der Waals surface area contributed by atoms with E-state index in [1.165, 1.54) is 0 Å². The number of nitrogens with zero attached hydrogens (tertiary/aromatic N) is 1. The Morgan fingerprint density at radius 3 is 2.45 bits per heavy atom. The van der Waals surface area contributed by atoms with Gasteiger partial charge in [0, 0.05) is 19.5 Å². The Hall–Kier alpha value is -1.30. The molecule has 0 radical (unpaired) electrons. The topological polar surface area (TPSA) is 78.9 Å². The van der Waals surface area contributed by atoms with E-state index in [0.717, 1.165) is 39.3 Å². The predicted octanol–water partition coefficient (Wildman–Crippen LogP) is 1.84. The third-order valence-electron chi connectivity index (χ3n) is 3.26. The van der Waals surface area contributed by atoms with Gasteiger partial charge in [-0.1, -0.05) is 0 Å². The van der Waals surface area contributed by atoms with Crippen LogP contribution in [0.5, 0.6) is 0 Å². The average molecular weight is 286 g/mol. The Labute approximate surface area is 120 Å². The van der Waals surface area contributed by atoms with Crippen LogP contribution in [-0.2, 0) is 9.53 Å². The first kappa shape index (κ1) is 16.8. The van der Waals surface area contributed by atoms with E-state index in [2.05, 4.69) is 5.32 Å². The highest BCUT2D eigenvalue weighted by Gasteiger charge is 2.39. The van der Waals surface area contributed by atoms with Crippen LogP contribution in [0.2, 0.25) is 0 Å². The predicted molar refractivity (Wildman–Crippen MR) is 75.7 cm³/mol. The molecular weight excluding hydrogens is 260 g/mol. The van der Waals surface area contributed by atoms with Gasteiger partial charge in [-0.25, -0.2) is 4.79 Å². The lowest BCUT2D eigenvalue weighted by molar-refractivity contribution is -0.134. The van der Waals surface area contributed by atoms with Crippen LogP contribution in [0.1, 0.15) is 47.0 Å². The van der Waals surface area contributed by atoms with Crippen molar-refractivity contribution in [3.05, 3.63) is 0 Å². The van der Waals surface area contributed by atoms with Crippen LogP contribution in [0, 0.1) is 0 Å². The van der Waals surface area contributed by atoms with E-state index in [1.54, 1.807) is 0 Å². The highest BCUT2D eigenvalue weighted by molar-refractivity contribution is 5.69. The Kier molecular flexibility index (Phi) is 5.80. The summed E-state index contributed by atoms with van der Waals surface area (Å²) >= 11 is 0. The second-order valence-electron chi connectivity index (χ2n) is 6.25. The minimum atomic E-state index is -0.833. The summed E-state index contributed by atoms with van der Waals surface area (Å²) < 4.78 is 5.43. The number of hydrogen-bond donors (Lipinski definition) is 2. The molecule has 6 heteroatoms. The summed E-state index contributed by atoms with van der Waals surface area (Å²) in [4.78, 5) is 22.9. The van der Waals surface area contributed by atoms with Gasteiger partial charge in [0.05, 0.1) is 6.04 Å². The number of carboxylic acids is 1. The molecule has 0 spiro atoms. The van der Waals surface area contributed by atoms with Gasteiger partial charge in [-0.15, -0.1) is 0 Å². The number of likely N-dealkylation sites (tertiary alicyclic amines) is 1. The van der Waals surface area contributed by atoms with Gasteiger partial charge in [0.25, 0.3) is 5.97 Å². The molecule has 2 aliphatic heterocycles. The lowest BCUT2D eigenvalue weighted by Gasteiger charge is -2.33. The van der Waals surface area contributed by atoms with Crippen LogP contribution in [-0.4, -0.2) is 52.8 Å². The first-order valence-corrected chi connectivity index (χ1v) is 7.13. The van der Waals surface area contributed by atoms with E-state index < -0.39 is 11.6 Å². The number of nitrogens with one attached hydrogen (secondary N) is 1. The van der Waals surface area contributed by atoms with E-state index in [-0.39, 0.29) is 6.09 Å². The normalized spacial score (nSPS) is 25.3. The fourth-order valence-electron chi connectivity index (χ4n) is 2.59. The van der Waals surface area contributed by atoms with Crippen molar-refractivity contribution in [2.24, 2.45) is 0 Å². The van der Waals surface area contributed by atoms with Crippen molar-refractivity contribution in [1.82, 2.24) is 10.2 Å². The van der Waals surface area contributed by atoms with Gasteiger partial charge >= 0.3 is 6.09 Å². The summed E-state index contributed by atoms with van der Waals surface area (Å²) in [5, 5.41) is 10.9. The van der Waals surface area contributed by atoms with Crippen molar-refractivity contribution in [1.29, 1.82) is 0 Å². The molecule has 116 valence electrons. The monoisotopic (exact) mass is 286 g/mol. The number of carbonyl (C=O) groups excluding carboxylic acids is 1. The first-order chi connectivity index (χ1) is 9.20. The summed E-state index contributed by atoms with van der Waals surface area (Å²) in [6, 6.07) is 0.838. The number of fused-ring (bicyclic) bond motifs is 1. The average Bonchev–Trinajstić information content (AvgIpc) is 2.69. The molecule has 0 aromatic heterocycles. The number of hydrogen-bond acceptors (Lipinski definition) is 4. The molecule has 2 saturated heterocycles. The van der Waals surface area contributed by atoms with Gasteiger partial charge in [0.1, 0.15) is 5.60 Å². The molecule has 2 atom stereocenters. The number of aliphatic carboxylic acids is 1. The zero-order valence-electron chi connectivity index (χ0n) is 12.8. The number of carboxylic acid groups (broad SMARTS) is 1. The largest absolute Gasteiger partial charge is 0.481 e. The number of rotatable bonds is 0. The molecule has 2 heterocycles. The van der Waals surface area contributed by atoms with Gasteiger partial charge in [-0.3, -0.25) is 4.79 Å². The molecule has 0 unspecified atom stereocenters. The second-order valence-corrected chi connectivity index (χ2v) is 6.25. The fraction of sp³-hybridized carbons (Fsp3) is 0.857. The summed E-state index contributed by atoms with van der Waals surface area (Å²) in [5.41, 5.74) is -0.392. The Balaban J connectivity index is 0.000000444. The van der Waals surface area contributed by atoms with Crippen LogP contribution in [0.25, 0.3) is 0 Å². The maximum absolute atomic E-state index is 12.0. The molecule has 0 saturated carbocycles. The minimum absolute atomic E-state index is 0.149. The lowest BCUT2D eigenvalue weighted by atomic mass is 10.00. The summed E-state index contributed by atoms with van der Waals surface area (Å²) in [6.07, 6.45) is 3.17. The molecule has 6 nitrogen and oxygen atoms in total. The molecule has 0 aromatic rings. The van der Waals surface area contributed by atoms with Crippen LogP contribution in [0.4, 0.5) is 4.79 Å². The number of carbonyl (C=O) groups is 2. The molecule has 0 aliphatic carbocycles. The number of amides is 1. The van der Waals surface area contributed by atoms with E-state index in [1.807, 2.05) is 25.7 Å². The van der Waals surface area contributed by atoms with E-state index in [4.69, 9.17) is 14.6 Å². The minimum Gasteiger partial charge on any atom is -0.481 e. The Morgan fingerprint density at radius 2 is 1.90 bits per heavy atom. The van der Waals surface area contributed by atoms with Crippen molar-refractivity contribution in [3.63, 3.8) is 0 Å². The second kappa shape index (κ2) is 6.92. The van der Waals surface area contributed by atoms with Gasteiger partial charge in [-0.2, -0.15) is 0 Å². The first-order valence-electron chi connectivity index (χ1n) is 7.13. The van der Waals surface area contributed by atoms with Crippen molar-refractivity contribution in [3.8, 4) is 0 Å². The van der Waals surface area contributed by atoms with Gasteiger partial charge in [0.15, 0.2) is 0 Å². The molecule has 1 amide bonds. The molecule has 20 heavy (non-hydrogen) atoms. The number of ether oxygens (including phenoxy) is 1. The molecule has 0 bridgehead atoms. The van der Waals surface area contributed by atoms with Gasteiger partial charge in [-0.05, 0) is 46.6 Å². The zero-order chi connectivity index (χ0) is 15.3. The van der Waals surface area contributed by atoms with Crippen LogP contribution < -0.4 is 5.32 Å². The Morgan fingerprint density at radius 1 is 1.30 bits per heavy atom. The SMILES string of the molecule is CC(=O)O.CC(C)(C)OC(=O)N1CC[C@H]2NCCC[C@H]21. The zero-order valence-corrected chi connectivity index (χ0v) is 12.8. The van der Waals surface area contributed by atoms with Gasteiger partial charge in [0.2, 0.25) is 0 Å². The maximum Gasteiger partial charge on any atom is 0.410 e. The summed E-state index contributed by atoms with van der Waals surface area (Å²) in [6.45, 7) is 8.74. The molecule has 2 aliphatic rings. The molecule has 2 N–H and O–H groups in total. The molecular formula is C14H26N2O4. The van der Waals surface area contributed by atoms with E-state index in [0.29, 0.717) is 12.1 Å². The fourth-order valence-corrected chi connectivity index (χ4v) is 2.59. The number of piperidine rings is 1. The molecule has 0 aromatic carbocycles. The smallest absolute Gasteiger partial charge is 0.410 e. The Bertz CT molecular complexity index is 348. The lowest BCUT2D eigenvalue weighted by Crippen LogP contribution is -2.49. The van der Waals surface area contributed by atoms with Gasteiger partial charge < -0.3 is 20.1 Å². The van der Waals surface area contributed by atoms with Crippen molar-refractivity contribution >= 4 is 12.1 Å². The summed E-state index contributed by atoms with van der Waals surface area (Å²) in [7, 11) is 0. The van der Waals surface area contributed by atoms with Crippen LogP contribution in [0.15, 0.2) is 0 Å². The summed E-state index contributed by atoms with van der Waals surface area (Å²) in [5.74, 6) is -0.833. The quantitative estimate of drug-likeness (QED) is 0.710. The van der Waals surface area contributed by atoms with Crippen LogP contribution in [0.3, 0.4) is 0 Å².